The number of thioether (sulfide) groups is 1. The van der Waals surface area contributed by atoms with Crippen LogP contribution < -0.4 is 10.1 Å². The molecule has 0 aliphatic carbocycles. The predicted molar refractivity (Wildman–Crippen MR) is 97.3 cm³/mol. The van der Waals surface area contributed by atoms with Crippen LogP contribution in [0.5, 0.6) is 5.75 Å². The number of halogens is 1. The number of nitrogens with one attached hydrogen (secondary N) is 1. The number of hydrogen-bond donors (Lipinski definition) is 1. The van der Waals surface area contributed by atoms with Crippen LogP contribution in [-0.2, 0) is 4.79 Å². The molecule has 23 heavy (non-hydrogen) atoms. The molecule has 0 radical (unpaired) electrons. The molecule has 1 unspecified atom stereocenters. The molecule has 0 fully saturated rings. The maximum absolute atomic E-state index is 11.9. The van der Waals surface area contributed by atoms with Gasteiger partial charge in [0.05, 0.1) is 18.4 Å². The molecule has 1 atom stereocenters. The molecule has 0 aliphatic rings. The SMILES string of the molecule is CC(NC(=O)CSCCOc1cccc(Cl)c1)c1ccccc1. The van der Waals surface area contributed by atoms with Crippen molar-refractivity contribution >= 4 is 29.3 Å². The van der Waals surface area contributed by atoms with Gasteiger partial charge in [0.1, 0.15) is 5.75 Å². The molecular formula is C18H20ClNO2S. The molecule has 0 spiro atoms. The van der Waals surface area contributed by atoms with Crippen LogP contribution >= 0.6 is 23.4 Å². The van der Waals surface area contributed by atoms with Gasteiger partial charge in [0, 0.05) is 10.8 Å². The van der Waals surface area contributed by atoms with E-state index in [1.807, 2.05) is 49.4 Å². The average molecular weight is 350 g/mol. The Hall–Kier alpha value is -1.65. The Bertz CT molecular complexity index is 621. The third-order valence-corrected chi connectivity index (χ3v) is 4.36. The largest absolute Gasteiger partial charge is 0.493 e. The number of carbonyl (C=O) groups is 1. The van der Waals surface area contributed by atoms with Crippen molar-refractivity contribution in [1.82, 2.24) is 5.32 Å². The first-order chi connectivity index (χ1) is 11.1. The lowest BCUT2D eigenvalue weighted by Gasteiger charge is -2.14. The van der Waals surface area contributed by atoms with Crippen molar-refractivity contribution in [2.45, 2.75) is 13.0 Å². The molecule has 0 aliphatic heterocycles. The van der Waals surface area contributed by atoms with Gasteiger partial charge in [0.15, 0.2) is 0 Å². The molecule has 5 heteroatoms. The molecule has 0 saturated heterocycles. The molecular weight excluding hydrogens is 330 g/mol. The second-order valence-corrected chi connectivity index (χ2v) is 6.60. The molecule has 122 valence electrons. The summed E-state index contributed by atoms with van der Waals surface area (Å²) in [5.41, 5.74) is 1.11. The lowest BCUT2D eigenvalue weighted by molar-refractivity contribution is -0.119. The van der Waals surface area contributed by atoms with Crippen molar-refractivity contribution in [2.24, 2.45) is 0 Å². The molecule has 2 aromatic rings. The smallest absolute Gasteiger partial charge is 0.230 e. The van der Waals surface area contributed by atoms with E-state index in [2.05, 4.69) is 5.32 Å². The van der Waals surface area contributed by atoms with Crippen molar-refractivity contribution in [3.8, 4) is 5.75 Å². The molecule has 0 aromatic heterocycles. The average Bonchev–Trinajstić information content (AvgIpc) is 2.55. The number of ether oxygens (including phenoxy) is 1. The Labute approximate surface area is 146 Å². The summed E-state index contributed by atoms with van der Waals surface area (Å²) in [6, 6.07) is 17.3. The maximum Gasteiger partial charge on any atom is 0.230 e. The summed E-state index contributed by atoms with van der Waals surface area (Å²) in [4.78, 5) is 11.9. The van der Waals surface area contributed by atoms with Gasteiger partial charge in [-0.3, -0.25) is 4.79 Å². The van der Waals surface area contributed by atoms with Crippen molar-refractivity contribution in [2.75, 3.05) is 18.1 Å². The quantitative estimate of drug-likeness (QED) is 0.721. The number of amides is 1. The van der Waals surface area contributed by atoms with E-state index in [9.17, 15) is 4.79 Å². The van der Waals surface area contributed by atoms with Gasteiger partial charge in [0.2, 0.25) is 5.91 Å². The standard InChI is InChI=1S/C18H20ClNO2S/c1-14(15-6-3-2-4-7-15)20-18(21)13-23-11-10-22-17-9-5-8-16(19)12-17/h2-9,12,14H,10-11,13H2,1H3,(H,20,21). The first-order valence-electron chi connectivity index (χ1n) is 7.45. The Balaban J connectivity index is 1.61. The Morgan fingerprint density at radius 1 is 1.22 bits per heavy atom. The minimum Gasteiger partial charge on any atom is -0.493 e. The minimum atomic E-state index is 0.0204. The molecule has 1 amide bonds. The van der Waals surface area contributed by atoms with Crippen molar-refractivity contribution in [3.63, 3.8) is 0 Å². The summed E-state index contributed by atoms with van der Waals surface area (Å²) >= 11 is 7.44. The first-order valence-corrected chi connectivity index (χ1v) is 8.99. The van der Waals surface area contributed by atoms with Crippen LogP contribution in [0.2, 0.25) is 5.02 Å². The van der Waals surface area contributed by atoms with E-state index in [0.717, 1.165) is 17.1 Å². The van der Waals surface area contributed by atoms with Gasteiger partial charge in [0.25, 0.3) is 0 Å². The third-order valence-electron chi connectivity index (χ3n) is 3.20. The van der Waals surface area contributed by atoms with Crippen molar-refractivity contribution in [3.05, 3.63) is 65.2 Å². The second-order valence-electron chi connectivity index (χ2n) is 5.06. The van der Waals surface area contributed by atoms with Crippen LogP contribution in [0.4, 0.5) is 0 Å². The normalized spacial score (nSPS) is 11.7. The van der Waals surface area contributed by atoms with E-state index in [-0.39, 0.29) is 11.9 Å². The van der Waals surface area contributed by atoms with Crippen LogP contribution in [0.1, 0.15) is 18.5 Å². The van der Waals surface area contributed by atoms with Crippen LogP contribution in [-0.4, -0.2) is 24.0 Å². The highest BCUT2D eigenvalue weighted by atomic mass is 35.5. The zero-order chi connectivity index (χ0) is 16.5. The monoisotopic (exact) mass is 349 g/mol. The molecule has 0 bridgehead atoms. The zero-order valence-electron chi connectivity index (χ0n) is 13.0. The summed E-state index contributed by atoms with van der Waals surface area (Å²) in [6.07, 6.45) is 0. The maximum atomic E-state index is 11.9. The predicted octanol–water partition coefficient (Wildman–Crippen LogP) is 4.33. The Morgan fingerprint density at radius 2 is 2.00 bits per heavy atom. The van der Waals surface area contributed by atoms with Crippen LogP contribution in [0.25, 0.3) is 0 Å². The second kappa shape index (κ2) is 9.48. The van der Waals surface area contributed by atoms with Crippen molar-refractivity contribution in [1.29, 1.82) is 0 Å². The minimum absolute atomic E-state index is 0.0204. The van der Waals surface area contributed by atoms with Gasteiger partial charge in [-0.2, -0.15) is 0 Å². The highest BCUT2D eigenvalue weighted by Crippen LogP contribution is 2.17. The lowest BCUT2D eigenvalue weighted by Crippen LogP contribution is -2.28. The number of rotatable bonds is 8. The Kier molecular flexibility index (Phi) is 7.30. The highest BCUT2D eigenvalue weighted by Gasteiger charge is 2.08. The number of benzene rings is 2. The molecule has 0 saturated carbocycles. The summed E-state index contributed by atoms with van der Waals surface area (Å²) < 4.78 is 5.58. The molecule has 2 rings (SSSR count). The number of hydrogen-bond acceptors (Lipinski definition) is 3. The first kappa shape index (κ1) is 17.7. The summed E-state index contributed by atoms with van der Waals surface area (Å²) in [6.45, 7) is 2.53. The molecule has 3 nitrogen and oxygen atoms in total. The number of carbonyl (C=O) groups excluding carboxylic acids is 1. The van der Waals surface area contributed by atoms with Crippen molar-refractivity contribution < 1.29 is 9.53 Å². The van der Waals surface area contributed by atoms with E-state index < -0.39 is 0 Å². The van der Waals surface area contributed by atoms with Crippen LogP contribution in [0.15, 0.2) is 54.6 Å². The topological polar surface area (TPSA) is 38.3 Å². The molecule has 0 heterocycles. The summed E-state index contributed by atoms with van der Waals surface area (Å²) in [7, 11) is 0. The van der Waals surface area contributed by atoms with Gasteiger partial charge >= 0.3 is 0 Å². The van der Waals surface area contributed by atoms with Gasteiger partial charge in [-0.25, -0.2) is 0 Å². The van der Waals surface area contributed by atoms with Gasteiger partial charge in [-0.1, -0.05) is 48.0 Å². The summed E-state index contributed by atoms with van der Waals surface area (Å²) in [5, 5.41) is 3.65. The Morgan fingerprint density at radius 3 is 2.74 bits per heavy atom. The van der Waals surface area contributed by atoms with Gasteiger partial charge in [-0.15, -0.1) is 11.8 Å². The zero-order valence-corrected chi connectivity index (χ0v) is 14.6. The van der Waals surface area contributed by atoms with E-state index in [4.69, 9.17) is 16.3 Å². The van der Waals surface area contributed by atoms with E-state index >= 15 is 0 Å². The third kappa shape index (κ3) is 6.55. The molecule has 2 aromatic carbocycles. The van der Waals surface area contributed by atoms with Gasteiger partial charge in [-0.05, 0) is 30.7 Å². The lowest BCUT2D eigenvalue weighted by atomic mass is 10.1. The fourth-order valence-corrected chi connectivity index (χ4v) is 2.84. The van der Waals surface area contributed by atoms with Crippen LogP contribution in [0, 0.1) is 0 Å². The van der Waals surface area contributed by atoms with Crippen LogP contribution in [0.3, 0.4) is 0 Å². The van der Waals surface area contributed by atoms with E-state index in [0.29, 0.717) is 17.4 Å². The van der Waals surface area contributed by atoms with Gasteiger partial charge < -0.3 is 10.1 Å². The fourth-order valence-electron chi connectivity index (χ4n) is 2.05. The molecule has 1 N–H and O–H groups in total. The highest BCUT2D eigenvalue weighted by molar-refractivity contribution is 7.99. The van der Waals surface area contributed by atoms with E-state index in [1.165, 1.54) is 0 Å². The summed E-state index contributed by atoms with van der Waals surface area (Å²) in [5.74, 6) is 1.96. The fraction of sp³-hybridized carbons (Fsp3) is 0.278. The van der Waals surface area contributed by atoms with E-state index in [1.54, 1.807) is 23.9 Å².